The molecule has 2 unspecified atom stereocenters. The van der Waals surface area contributed by atoms with Crippen LogP contribution in [0.2, 0.25) is 5.02 Å². The largest absolute Gasteiger partial charge is 0.481 e. The average molecular weight is 300 g/mol. The third kappa shape index (κ3) is 5.93. The van der Waals surface area contributed by atoms with Gasteiger partial charge in [0.05, 0.1) is 0 Å². The van der Waals surface area contributed by atoms with E-state index in [4.69, 9.17) is 21.4 Å². The van der Waals surface area contributed by atoms with E-state index in [-0.39, 0.29) is 18.4 Å². The molecule has 1 rings (SSSR count). The molecule has 6 heteroatoms. The van der Waals surface area contributed by atoms with Crippen LogP contribution >= 0.6 is 11.6 Å². The van der Waals surface area contributed by atoms with Crippen molar-refractivity contribution >= 4 is 23.5 Å². The second kappa shape index (κ2) is 7.75. The summed E-state index contributed by atoms with van der Waals surface area (Å²) in [6, 6.07) is 6.57. The van der Waals surface area contributed by atoms with Crippen molar-refractivity contribution in [3.63, 3.8) is 0 Å². The zero-order valence-electron chi connectivity index (χ0n) is 11.4. The summed E-state index contributed by atoms with van der Waals surface area (Å²) >= 11 is 5.83. The molecule has 0 aliphatic carbocycles. The second-order valence-electron chi connectivity index (χ2n) is 4.56. The number of rotatable bonds is 7. The van der Waals surface area contributed by atoms with E-state index >= 15 is 0 Å². The molecule has 110 valence electrons. The predicted molar refractivity (Wildman–Crippen MR) is 76.0 cm³/mol. The number of carboxylic acids is 1. The van der Waals surface area contributed by atoms with E-state index in [2.05, 4.69) is 5.32 Å². The Hall–Kier alpha value is -1.75. The molecular formula is C14H18ClNO4. The van der Waals surface area contributed by atoms with Gasteiger partial charge in [0.25, 0.3) is 5.91 Å². The summed E-state index contributed by atoms with van der Waals surface area (Å²) in [5.74, 6) is -0.657. The van der Waals surface area contributed by atoms with Crippen LogP contribution in [-0.2, 0) is 9.59 Å². The van der Waals surface area contributed by atoms with Gasteiger partial charge in [-0.3, -0.25) is 9.59 Å². The normalized spacial score (nSPS) is 13.3. The Morgan fingerprint density at radius 3 is 2.70 bits per heavy atom. The number of carbonyl (C=O) groups is 2. The first kappa shape index (κ1) is 16.3. The van der Waals surface area contributed by atoms with Gasteiger partial charge in [-0.1, -0.05) is 17.7 Å². The molecule has 0 aliphatic heterocycles. The minimum absolute atomic E-state index is 0.0188. The van der Waals surface area contributed by atoms with E-state index in [1.165, 1.54) is 0 Å². The molecule has 20 heavy (non-hydrogen) atoms. The Balaban J connectivity index is 2.44. The number of hydrogen-bond acceptors (Lipinski definition) is 3. The van der Waals surface area contributed by atoms with Gasteiger partial charge in [0.1, 0.15) is 5.75 Å². The quantitative estimate of drug-likeness (QED) is 0.811. The number of halogens is 1. The van der Waals surface area contributed by atoms with Crippen LogP contribution in [0, 0.1) is 0 Å². The number of amides is 1. The lowest BCUT2D eigenvalue weighted by atomic mass is 10.2. The Kier molecular flexibility index (Phi) is 6.31. The van der Waals surface area contributed by atoms with E-state index < -0.39 is 12.1 Å². The fourth-order valence-electron chi connectivity index (χ4n) is 1.57. The molecule has 5 nitrogen and oxygen atoms in total. The Bertz CT molecular complexity index is 478. The molecule has 1 amide bonds. The molecule has 0 heterocycles. The lowest BCUT2D eigenvalue weighted by Crippen LogP contribution is -2.41. The smallest absolute Gasteiger partial charge is 0.303 e. The molecule has 0 aliphatic rings. The van der Waals surface area contributed by atoms with E-state index in [9.17, 15) is 9.59 Å². The maximum absolute atomic E-state index is 11.9. The highest BCUT2D eigenvalue weighted by Gasteiger charge is 2.17. The summed E-state index contributed by atoms with van der Waals surface area (Å²) in [5.41, 5.74) is 0. The van der Waals surface area contributed by atoms with Crippen molar-refractivity contribution in [2.45, 2.75) is 38.8 Å². The Morgan fingerprint density at radius 2 is 2.10 bits per heavy atom. The SMILES string of the molecule is CC(CCC(=O)O)NC(=O)C(C)Oc1cccc(Cl)c1. The first-order valence-electron chi connectivity index (χ1n) is 6.33. The van der Waals surface area contributed by atoms with E-state index in [1.54, 1.807) is 38.1 Å². The molecule has 0 aromatic heterocycles. The van der Waals surface area contributed by atoms with E-state index in [1.807, 2.05) is 0 Å². The van der Waals surface area contributed by atoms with Crippen molar-refractivity contribution in [1.29, 1.82) is 0 Å². The highest BCUT2D eigenvalue weighted by molar-refractivity contribution is 6.30. The maximum Gasteiger partial charge on any atom is 0.303 e. The van der Waals surface area contributed by atoms with Gasteiger partial charge in [-0.05, 0) is 38.5 Å². The number of aliphatic carboxylic acids is 1. The third-order valence-corrected chi connectivity index (χ3v) is 2.89. The molecule has 0 fully saturated rings. The Labute approximate surface area is 122 Å². The number of ether oxygens (including phenoxy) is 1. The van der Waals surface area contributed by atoms with Gasteiger partial charge in [0.2, 0.25) is 0 Å². The first-order chi connectivity index (χ1) is 9.38. The molecule has 1 aromatic rings. The lowest BCUT2D eigenvalue weighted by Gasteiger charge is -2.18. The van der Waals surface area contributed by atoms with Gasteiger partial charge in [-0.15, -0.1) is 0 Å². The highest BCUT2D eigenvalue weighted by atomic mass is 35.5. The summed E-state index contributed by atoms with van der Waals surface area (Å²) in [5, 5.41) is 11.8. The predicted octanol–water partition coefficient (Wildman–Crippen LogP) is 2.48. The topological polar surface area (TPSA) is 75.6 Å². The minimum Gasteiger partial charge on any atom is -0.481 e. The summed E-state index contributed by atoms with van der Waals surface area (Å²) in [7, 11) is 0. The van der Waals surface area contributed by atoms with Crippen LogP contribution < -0.4 is 10.1 Å². The van der Waals surface area contributed by atoms with Crippen LogP contribution in [0.5, 0.6) is 5.75 Å². The molecule has 0 bridgehead atoms. The number of carbonyl (C=O) groups excluding carboxylic acids is 1. The van der Waals surface area contributed by atoms with Crippen molar-refractivity contribution in [2.24, 2.45) is 0 Å². The van der Waals surface area contributed by atoms with Crippen LogP contribution in [0.25, 0.3) is 0 Å². The van der Waals surface area contributed by atoms with Gasteiger partial charge in [-0.2, -0.15) is 0 Å². The zero-order valence-corrected chi connectivity index (χ0v) is 12.2. The maximum atomic E-state index is 11.9. The highest BCUT2D eigenvalue weighted by Crippen LogP contribution is 2.18. The molecule has 2 N–H and O–H groups in total. The number of benzene rings is 1. The number of hydrogen-bond donors (Lipinski definition) is 2. The molecule has 1 aromatic carbocycles. The summed E-state index contributed by atoms with van der Waals surface area (Å²) in [4.78, 5) is 22.3. The third-order valence-electron chi connectivity index (χ3n) is 2.66. The zero-order chi connectivity index (χ0) is 15.1. The van der Waals surface area contributed by atoms with Gasteiger partial charge >= 0.3 is 5.97 Å². The minimum atomic E-state index is -0.880. The average Bonchev–Trinajstić information content (AvgIpc) is 2.36. The van der Waals surface area contributed by atoms with Crippen LogP contribution in [-0.4, -0.2) is 29.1 Å². The molecule has 0 saturated carbocycles. The van der Waals surface area contributed by atoms with Crippen molar-refractivity contribution in [2.75, 3.05) is 0 Å². The van der Waals surface area contributed by atoms with E-state index in [0.29, 0.717) is 17.2 Å². The van der Waals surface area contributed by atoms with Gasteiger partial charge in [0.15, 0.2) is 6.10 Å². The summed E-state index contributed by atoms with van der Waals surface area (Å²) in [6.07, 6.45) is -0.281. The van der Waals surface area contributed by atoms with Gasteiger partial charge in [0, 0.05) is 17.5 Å². The molecule has 0 radical (unpaired) electrons. The molecular weight excluding hydrogens is 282 g/mol. The van der Waals surface area contributed by atoms with Crippen LogP contribution in [0.15, 0.2) is 24.3 Å². The number of carboxylic acid groups (broad SMARTS) is 1. The van der Waals surface area contributed by atoms with Gasteiger partial charge in [-0.25, -0.2) is 0 Å². The van der Waals surface area contributed by atoms with Crippen molar-refractivity contribution in [1.82, 2.24) is 5.32 Å². The van der Waals surface area contributed by atoms with E-state index in [0.717, 1.165) is 0 Å². The van der Waals surface area contributed by atoms with Gasteiger partial charge < -0.3 is 15.2 Å². The fourth-order valence-corrected chi connectivity index (χ4v) is 1.75. The molecule has 0 spiro atoms. The van der Waals surface area contributed by atoms with Crippen molar-refractivity contribution in [3.05, 3.63) is 29.3 Å². The van der Waals surface area contributed by atoms with Crippen LogP contribution in [0.3, 0.4) is 0 Å². The van der Waals surface area contributed by atoms with Crippen LogP contribution in [0.1, 0.15) is 26.7 Å². The summed E-state index contributed by atoms with van der Waals surface area (Å²) < 4.78 is 5.47. The summed E-state index contributed by atoms with van der Waals surface area (Å²) in [6.45, 7) is 3.38. The van der Waals surface area contributed by atoms with Crippen LogP contribution in [0.4, 0.5) is 0 Å². The number of nitrogens with one attached hydrogen (secondary N) is 1. The first-order valence-corrected chi connectivity index (χ1v) is 6.70. The standard InChI is InChI=1S/C14H18ClNO4/c1-9(6-7-13(17)18)16-14(19)10(2)20-12-5-3-4-11(15)8-12/h3-5,8-10H,6-7H2,1-2H3,(H,16,19)(H,17,18). The fraction of sp³-hybridized carbons (Fsp3) is 0.429. The monoisotopic (exact) mass is 299 g/mol. The van der Waals surface area contributed by atoms with Crippen molar-refractivity contribution < 1.29 is 19.4 Å². The Morgan fingerprint density at radius 1 is 1.40 bits per heavy atom. The lowest BCUT2D eigenvalue weighted by molar-refractivity contribution is -0.137. The van der Waals surface area contributed by atoms with Crippen molar-refractivity contribution in [3.8, 4) is 5.75 Å². The molecule has 2 atom stereocenters. The second-order valence-corrected chi connectivity index (χ2v) is 5.00. The molecule has 0 saturated heterocycles.